The number of rotatable bonds is 5. The van der Waals surface area contributed by atoms with Crippen molar-refractivity contribution in [1.29, 1.82) is 0 Å². The molecule has 0 aromatic heterocycles. The predicted octanol–water partition coefficient (Wildman–Crippen LogP) is 1.99. The van der Waals surface area contributed by atoms with E-state index in [2.05, 4.69) is 6.92 Å². The molecule has 56 valence electrons. The van der Waals surface area contributed by atoms with Gasteiger partial charge in [-0.15, -0.1) is 11.6 Å². The molecular formula is C7H16ClN. The van der Waals surface area contributed by atoms with Crippen LogP contribution in [0.4, 0.5) is 0 Å². The van der Waals surface area contributed by atoms with Crippen molar-refractivity contribution in [3.05, 3.63) is 0 Å². The van der Waals surface area contributed by atoms with Gasteiger partial charge in [-0.25, -0.2) is 0 Å². The van der Waals surface area contributed by atoms with E-state index in [0.717, 1.165) is 18.8 Å². The summed E-state index contributed by atoms with van der Waals surface area (Å²) in [7, 11) is 0. The Balaban J connectivity index is 3.18. The molecule has 0 rings (SSSR count). The van der Waals surface area contributed by atoms with Crippen LogP contribution >= 0.6 is 11.6 Å². The Morgan fingerprint density at radius 3 is 2.44 bits per heavy atom. The highest BCUT2D eigenvalue weighted by atomic mass is 35.5. The number of hydrogen-bond acceptors (Lipinski definition) is 1. The largest absolute Gasteiger partial charge is 0.330 e. The number of halogens is 1. The summed E-state index contributed by atoms with van der Waals surface area (Å²) < 4.78 is 0. The Morgan fingerprint density at radius 2 is 2.11 bits per heavy atom. The van der Waals surface area contributed by atoms with Crippen LogP contribution in [0.3, 0.4) is 0 Å². The molecule has 0 aliphatic heterocycles. The van der Waals surface area contributed by atoms with E-state index in [-0.39, 0.29) is 0 Å². The van der Waals surface area contributed by atoms with Crippen LogP contribution in [0.1, 0.15) is 26.2 Å². The lowest BCUT2D eigenvalue weighted by molar-refractivity contribution is 0.478. The average Bonchev–Trinajstić information content (AvgIpc) is 1.88. The third-order valence-electron chi connectivity index (χ3n) is 1.55. The second-order valence-electron chi connectivity index (χ2n) is 2.37. The van der Waals surface area contributed by atoms with Crippen LogP contribution in [0.5, 0.6) is 0 Å². The summed E-state index contributed by atoms with van der Waals surface area (Å²) in [6.07, 6.45) is 3.52. The summed E-state index contributed by atoms with van der Waals surface area (Å²) in [5, 5.41) is 0. The molecule has 1 unspecified atom stereocenters. The molecule has 0 fully saturated rings. The first-order valence-corrected chi connectivity index (χ1v) is 4.14. The van der Waals surface area contributed by atoms with Gasteiger partial charge in [0.05, 0.1) is 0 Å². The average molecular weight is 150 g/mol. The standard InChI is InChI=1S/C7H16ClN/c1-2-3-7(6-9)4-5-8/h7H,2-6,9H2,1H3. The van der Waals surface area contributed by atoms with Gasteiger partial charge in [-0.05, 0) is 25.3 Å². The molecule has 0 aliphatic rings. The number of alkyl halides is 1. The van der Waals surface area contributed by atoms with Gasteiger partial charge in [0.1, 0.15) is 0 Å². The molecule has 0 bridgehead atoms. The summed E-state index contributed by atoms with van der Waals surface area (Å²) in [6, 6.07) is 0. The Morgan fingerprint density at radius 1 is 1.44 bits per heavy atom. The first kappa shape index (κ1) is 9.25. The van der Waals surface area contributed by atoms with Gasteiger partial charge < -0.3 is 5.73 Å². The quantitative estimate of drug-likeness (QED) is 0.595. The molecule has 9 heavy (non-hydrogen) atoms. The summed E-state index contributed by atoms with van der Waals surface area (Å²) in [6.45, 7) is 2.97. The molecule has 0 aromatic rings. The smallest absolute Gasteiger partial charge is 0.0226 e. The molecule has 0 saturated carbocycles. The molecule has 1 atom stereocenters. The molecule has 0 amide bonds. The van der Waals surface area contributed by atoms with Gasteiger partial charge in [0, 0.05) is 5.88 Å². The normalized spacial score (nSPS) is 13.7. The van der Waals surface area contributed by atoms with E-state index in [1.165, 1.54) is 12.8 Å². The summed E-state index contributed by atoms with van der Waals surface area (Å²) in [5.74, 6) is 1.41. The lowest BCUT2D eigenvalue weighted by Gasteiger charge is -2.09. The zero-order chi connectivity index (χ0) is 7.11. The zero-order valence-electron chi connectivity index (χ0n) is 6.07. The summed E-state index contributed by atoms with van der Waals surface area (Å²) in [5.41, 5.74) is 5.49. The second kappa shape index (κ2) is 6.37. The molecule has 0 aliphatic carbocycles. The fourth-order valence-corrected chi connectivity index (χ4v) is 1.25. The van der Waals surface area contributed by atoms with E-state index in [9.17, 15) is 0 Å². The molecule has 2 heteroatoms. The maximum atomic E-state index is 5.56. The molecule has 0 radical (unpaired) electrons. The van der Waals surface area contributed by atoms with Gasteiger partial charge >= 0.3 is 0 Å². The van der Waals surface area contributed by atoms with Crippen LogP contribution in [-0.2, 0) is 0 Å². The lowest BCUT2D eigenvalue weighted by atomic mass is 10.0. The summed E-state index contributed by atoms with van der Waals surface area (Å²) in [4.78, 5) is 0. The highest BCUT2D eigenvalue weighted by molar-refractivity contribution is 6.17. The van der Waals surface area contributed by atoms with Crippen LogP contribution in [0, 0.1) is 5.92 Å². The lowest BCUT2D eigenvalue weighted by Crippen LogP contribution is -2.14. The van der Waals surface area contributed by atoms with E-state index in [1.54, 1.807) is 0 Å². The fourth-order valence-electron chi connectivity index (χ4n) is 0.943. The first-order chi connectivity index (χ1) is 4.35. The van der Waals surface area contributed by atoms with Crippen LogP contribution < -0.4 is 5.73 Å². The molecule has 0 aromatic carbocycles. The Bertz CT molecular complexity index is 50.9. The van der Waals surface area contributed by atoms with Crippen LogP contribution in [0.25, 0.3) is 0 Å². The van der Waals surface area contributed by atoms with Crippen molar-refractivity contribution in [3.8, 4) is 0 Å². The molecule has 0 saturated heterocycles. The minimum atomic E-state index is 0.660. The highest BCUT2D eigenvalue weighted by Crippen LogP contribution is 2.09. The monoisotopic (exact) mass is 149 g/mol. The van der Waals surface area contributed by atoms with Crippen molar-refractivity contribution in [2.75, 3.05) is 12.4 Å². The zero-order valence-corrected chi connectivity index (χ0v) is 6.82. The molecule has 1 nitrogen and oxygen atoms in total. The van der Waals surface area contributed by atoms with Crippen molar-refractivity contribution >= 4 is 11.6 Å². The van der Waals surface area contributed by atoms with Crippen molar-refractivity contribution in [2.24, 2.45) is 11.7 Å². The van der Waals surface area contributed by atoms with E-state index in [1.807, 2.05) is 0 Å². The Labute approximate surface area is 62.6 Å². The van der Waals surface area contributed by atoms with Crippen molar-refractivity contribution in [2.45, 2.75) is 26.2 Å². The SMILES string of the molecule is CCCC(CN)CCCl. The molecule has 0 spiro atoms. The van der Waals surface area contributed by atoms with E-state index in [4.69, 9.17) is 17.3 Å². The van der Waals surface area contributed by atoms with E-state index >= 15 is 0 Å². The van der Waals surface area contributed by atoms with Gasteiger partial charge in [-0.1, -0.05) is 13.3 Å². The van der Waals surface area contributed by atoms with Gasteiger partial charge in [0.15, 0.2) is 0 Å². The topological polar surface area (TPSA) is 26.0 Å². The van der Waals surface area contributed by atoms with Crippen molar-refractivity contribution in [3.63, 3.8) is 0 Å². The number of hydrogen-bond donors (Lipinski definition) is 1. The van der Waals surface area contributed by atoms with E-state index < -0.39 is 0 Å². The Kier molecular flexibility index (Phi) is 6.55. The maximum absolute atomic E-state index is 5.56. The molecular weight excluding hydrogens is 134 g/mol. The minimum Gasteiger partial charge on any atom is -0.330 e. The van der Waals surface area contributed by atoms with Crippen molar-refractivity contribution < 1.29 is 0 Å². The third kappa shape index (κ3) is 4.73. The van der Waals surface area contributed by atoms with Crippen LogP contribution in [-0.4, -0.2) is 12.4 Å². The highest BCUT2D eigenvalue weighted by Gasteiger charge is 2.02. The third-order valence-corrected chi connectivity index (χ3v) is 1.77. The minimum absolute atomic E-state index is 0.660. The van der Waals surface area contributed by atoms with Crippen LogP contribution in [0.15, 0.2) is 0 Å². The fraction of sp³-hybridized carbons (Fsp3) is 1.00. The van der Waals surface area contributed by atoms with Crippen LogP contribution in [0.2, 0.25) is 0 Å². The van der Waals surface area contributed by atoms with Gasteiger partial charge in [-0.2, -0.15) is 0 Å². The Hall–Kier alpha value is 0.250. The molecule has 0 heterocycles. The maximum Gasteiger partial charge on any atom is 0.0226 e. The van der Waals surface area contributed by atoms with Gasteiger partial charge in [0.25, 0.3) is 0 Å². The van der Waals surface area contributed by atoms with Gasteiger partial charge in [-0.3, -0.25) is 0 Å². The van der Waals surface area contributed by atoms with Gasteiger partial charge in [0.2, 0.25) is 0 Å². The predicted molar refractivity (Wildman–Crippen MR) is 42.8 cm³/mol. The number of nitrogens with two attached hydrogens (primary N) is 1. The second-order valence-corrected chi connectivity index (χ2v) is 2.75. The summed E-state index contributed by atoms with van der Waals surface area (Å²) >= 11 is 5.56. The van der Waals surface area contributed by atoms with E-state index in [0.29, 0.717) is 5.92 Å². The first-order valence-electron chi connectivity index (χ1n) is 3.61. The van der Waals surface area contributed by atoms with Crippen molar-refractivity contribution in [1.82, 2.24) is 0 Å². The molecule has 2 N–H and O–H groups in total.